The molecule has 0 saturated heterocycles. The van der Waals surface area contributed by atoms with E-state index in [1.807, 2.05) is 12.1 Å². The molecule has 180 valence electrons. The molecule has 0 aliphatic heterocycles. The van der Waals surface area contributed by atoms with Gasteiger partial charge >= 0.3 is 0 Å². The van der Waals surface area contributed by atoms with Crippen LogP contribution in [0.5, 0.6) is 0 Å². The number of nitro benzene ring substituents is 1. The average Bonchev–Trinajstić information content (AvgIpc) is 3.37. The van der Waals surface area contributed by atoms with Gasteiger partial charge in [-0.2, -0.15) is 10.1 Å². The van der Waals surface area contributed by atoms with E-state index < -0.39 is 10.8 Å². The molecule has 0 aliphatic rings. The van der Waals surface area contributed by atoms with Gasteiger partial charge in [0.2, 0.25) is 17.6 Å². The van der Waals surface area contributed by atoms with Crippen molar-refractivity contribution in [3.63, 3.8) is 0 Å². The summed E-state index contributed by atoms with van der Waals surface area (Å²) in [6, 6.07) is 13.1. The van der Waals surface area contributed by atoms with E-state index in [0.29, 0.717) is 29.9 Å². The quantitative estimate of drug-likeness (QED) is 0.176. The Bertz CT molecular complexity index is 1410. The fourth-order valence-electron chi connectivity index (χ4n) is 3.47. The van der Waals surface area contributed by atoms with Crippen LogP contribution >= 0.6 is 0 Å². The summed E-state index contributed by atoms with van der Waals surface area (Å²) in [7, 11) is 0. The van der Waals surface area contributed by atoms with Crippen molar-refractivity contribution in [3.8, 4) is 11.4 Å². The number of H-pyrrole nitrogens is 1. The topological polar surface area (TPSA) is 169 Å². The van der Waals surface area contributed by atoms with Crippen molar-refractivity contribution in [2.24, 2.45) is 0 Å². The predicted molar refractivity (Wildman–Crippen MR) is 128 cm³/mol. The molecule has 0 aliphatic carbocycles. The maximum absolute atomic E-state index is 12.5. The molecule has 2 aromatic heterocycles. The smallest absolute Gasteiger partial charge is 0.272 e. The summed E-state index contributed by atoms with van der Waals surface area (Å²) < 4.78 is 5.21. The van der Waals surface area contributed by atoms with Crippen molar-refractivity contribution in [1.82, 2.24) is 25.7 Å². The lowest BCUT2D eigenvalue weighted by atomic mass is 10.1. The van der Waals surface area contributed by atoms with Crippen LogP contribution in [0, 0.1) is 10.1 Å². The Hall–Kier alpha value is -4.61. The van der Waals surface area contributed by atoms with Crippen molar-refractivity contribution in [2.75, 3.05) is 18.4 Å². The van der Waals surface area contributed by atoms with Crippen LogP contribution in [0.15, 0.2) is 57.8 Å². The summed E-state index contributed by atoms with van der Waals surface area (Å²) in [4.78, 5) is 39.0. The maximum atomic E-state index is 12.5. The standard InChI is InChI=1S/C23H23N7O5/c1-14(23-26-19(29-35-23)15-7-6-8-16(13-15)30(33)34)21(31)25-12-5-4-11-24-20-17-9-2-3-10-18(17)22(32)28-27-20/h2-3,6-10,13-14H,4-5,11-12H2,1H3,(H,24,27)(H,25,31)(H,28,32). The molecular weight excluding hydrogens is 454 g/mol. The number of amides is 1. The third-order valence-electron chi connectivity index (χ3n) is 5.41. The number of nitrogens with zero attached hydrogens (tertiary/aromatic N) is 4. The fourth-order valence-corrected chi connectivity index (χ4v) is 3.47. The van der Waals surface area contributed by atoms with Gasteiger partial charge in [-0.15, -0.1) is 0 Å². The molecule has 12 heteroatoms. The lowest BCUT2D eigenvalue weighted by Crippen LogP contribution is -2.29. The highest BCUT2D eigenvalue weighted by atomic mass is 16.6. The van der Waals surface area contributed by atoms with E-state index in [9.17, 15) is 19.7 Å². The van der Waals surface area contributed by atoms with Crippen LogP contribution in [0.4, 0.5) is 11.5 Å². The molecule has 2 aromatic carbocycles. The van der Waals surface area contributed by atoms with E-state index in [4.69, 9.17) is 4.52 Å². The Morgan fingerprint density at radius 1 is 1.14 bits per heavy atom. The van der Waals surface area contributed by atoms with E-state index >= 15 is 0 Å². The molecule has 35 heavy (non-hydrogen) atoms. The Morgan fingerprint density at radius 2 is 1.91 bits per heavy atom. The molecule has 1 atom stereocenters. The lowest BCUT2D eigenvalue weighted by molar-refractivity contribution is -0.384. The summed E-state index contributed by atoms with van der Waals surface area (Å²) in [6.45, 7) is 2.72. The highest BCUT2D eigenvalue weighted by Gasteiger charge is 2.22. The van der Waals surface area contributed by atoms with Crippen LogP contribution in [0.25, 0.3) is 22.2 Å². The van der Waals surface area contributed by atoms with Gasteiger partial charge in [-0.25, -0.2) is 5.10 Å². The monoisotopic (exact) mass is 477 g/mol. The first kappa shape index (κ1) is 23.5. The fraction of sp³-hybridized carbons (Fsp3) is 0.261. The highest BCUT2D eigenvalue weighted by Crippen LogP contribution is 2.23. The lowest BCUT2D eigenvalue weighted by Gasteiger charge is -2.10. The number of carbonyl (C=O) groups is 1. The number of fused-ring (bicyclic) bond motifs is 1. The SMILES string of the molecule is CC(C(=O)NCCCCNc1n[nH]c(=O)c2ccccc12)c1nc(-c2cccc([N+](=O)[O-])c2)no1. The molecule has 1 unspecified atom stereocenters. The Morgan fingerprint density at radius 3 is 2.71 bits per heavy atom. The number of non-ortho nitro benzene ring substituents is 1. The first-order valence-electron chi connectivity index (χ1n) is 11.0. The van der Waals surface area contributed by atoms with Gasteiger partial charge in [0.15, 0.2) is 5.82 Å². The number of anilines is 1. The number of aromatic amines is 1. The van der Waals surface area contributed by atoms with Gasteiger partial charge in [-0.3, -0.25) is 19.7 Å². The van der Waals surface area contributed by atoms with Gasteiger partial charge in [0, 0.05) is 36.2 Å². The molecule has 3 N–H and O–H groups in total. The highest BCUT2D eigenvalue weighted by molar-refractivity contribution is 5.90. The first-order chi connectivity index (χ1) is 16.9. The number of aromatic nitrogens is 4. The molecule has 1 amide bonds. The zero-order valence-corrected chi connectivity index (χ0v) is 18.9. The molecule has 2 heterocycles. The summed E-state index contributed by atoms with van der Waals surface area (Å²) in [6.07, 6.45) is 1.48. The second kappa shape index (κ2) is 10.5. The molecular formula is C23H23N7O5. The predicted octanol–water partition coefficient (Wildman–Crippen LogP) is 2.99. The minimum atomic E-state index is -0.676. The average molecular weight is 477 g/mol. The number of nitro groups is 1. The zero-order valence-electron chi connectivity index (χ0n) is 18.9. The number of nitrogens with one attached hydrogen (secondary N) is 3. The van der Waals surface area contributed by atoms with Crippen molar-refractivity contribution in [3.05, 3.63) is 74.9 Å². The van der Waals surface area contributed by atoms with Crippen LogP contribution in [-0.4, -0.2) is 44.3 Å². The zero-order chi connectivity index (χ0) is 24.8. The first-order valence-corrected chi connectivity index (χ1v) is 11.0. The number of benzene rings is 2. The molecule has 0 saturated carbocycles. The van der Waals surface area contributed by atoms with Crippen LogP contribution < -0.4 is 16.2 Å². The minimum Gasteiger partial charge on any atom is -0.368 e. The number of hydrogen-bond acceptors (Lipinski definition) is 9. The van der Waals surface area contributed by atoms with Gasteiger partial charge in [0.25, 0.3) is 11.2 Å². The molecule has 0 spiro atoms. The number of carbonyl (C=O) groups excluding carboxylic acids is 1. The normalized spacial score (nSPS) is 11.8. The third kappa shape index (κ3) is 5.49. The summed E-state index contributed by atoms with van der Waals surface area (Å²) in [5, 5.41) is 28.7. The molecule has 0 bridgehead atoms. The summed E-state index contributed by atoms with van der Waals surface area (Å²) in [5.74, 6) is -0.0291. The van der Waals surface area contributed by atoms with Crippen molar-refractivity contribution >= 4 is 28.2 Å². The van der Waals surface area contributed by atoms with E-state index in [0.717, 1.165) is 18.2 Å². The van der Waals surface area contributed by atoms with Crippen molar-refractivity contribution in [2.45, 2.75) is 25.7 Å². The molecule has 4 rings (SSSR count). The molecule has 12 nitrogen and oxygen atoms in total. The van der Waals surface area contributed by atoms with Gasteiger partial charge in [0.1, 0.15) is 5.92 Å². The molecule has 0 fully saturated rings. The van der Waals surface area contributed by atoms with E-state index in [-0.39, 0.29) is 28.9 Å². The molecule has 0 radical (unpaired) electrons. The third-order valence-corrected chi connectivity index (χ3v) is 5.41. The van der Waals surface area contributed by atoms with Gasteiger partial charge in [0.05, 0.1) is 10.3 Å². The number of rotatable bonds is 10. The van der Waals surface area contributed by atoms with Crippen LogP contribution in [0.3, 0.4) is 0 Å². The largest absolute Gasteiger partial charge is 0.368 e. The van der Waals surface area contributed by atoms with Crippen molar-refractivity contribution in [1.29, 1.82) is 0 Å². The van der Waals surface area contributed by atoms with Crippen LogP contribution in [0.2, 0.25) is 0 Å². The van der Waals surface area contributed by atoms with Gasteiger partial charge in [-0.05, 0) is 25.8 Å². The van der Waals surface area contributed by atoms with Crippen LogP contribution in [0.1, 0.15) is 31.6 Å². The van der Waals surface area contributed by atoms with E-state index in [1.54, 1.807) is 25.1 Å². The summed E-state index contributed by atoms with van der Waals surface area (Å²) in [5.41, 5.74) is 0.110. The maximum Gasteiger partial charge on any atom is 0.272 e. The van der Waals surface area contributed by atoms with E-state index in [1.165, 1.54) is 18.2 Å². The Balaban J connectivity index is 1.24. The van der Waals surface area contributed by atoms with Crippen molar-refractivity contribution < 1.29 is 14.2 Å². The minimum absolute atomic E-state index is 0.0846. The second-order valence-electron chi connectivity index (χ2n) is 7.86. The number of unbranched alkanes of at least 4 members (excludes halogenated alkanes) is 1. The number of hydrogen-bond donors (Lipinski definition) is 3. The second-order valence-corrected chi connectivity index (χ2v) is 7.86. The Labute approximate surface area is 198 Å². The Kier molecular flexibility index (Phi) is 7.10. The molecule has 4 aromatic rings. The van der Waals surface area contributed by atoms with E-state index in [2.05, 4.69) is 31.0 Å². The van der Waals surface area contributed by atoms with Gasteiger partial charge in [-0.1, -0.05) is 35.5 Å². The summed E-state index contributed by atoms with van der Waals surface area (Å²) >= 11 is 0. The van der Waals surface area contributed by atoms with Crippen LogP contribution in [-0.2, 0) is 4.79 Å². The van der Waals surface area contributed by atoms with Gasteiger partial charge < -0.3 is 15.2 Å².